The molecule has 2 aromatic rings. The summed E-state index contributed by atoms with van der Waals surface area (Å²) in [6.45, 7) is 6.76. The van der Waals surface area contributed by atoms with Crippen molar-refractivity contribution >= 4 is 11.3 Å². The highest BCUT2D eigenvalue weighted by Gasteiger charge is 2.19. The first kappa shape index (κ1) is 14.2. The largest absolute Gasteiger partial charge is 0.329 e. The first-order valence-corrected chi connectivity index (χ1v) is 7.46. The molecule has 2 heterocycles. The van der Waals surface area contributed by atoms with Crippen molar-refractivity contribution in [3.8, 4) is 0 Å². The summed E-state index contributed by atoms with van der Waals surface area (Å²) in [4.78, 5) is 9.47. The molecule has 102 valence electrons. The highest BCUT2D eigenvalue weighted by molar-refractivity contribution is 7.12. The molecule has 4 heteroatoms. The van der Waals surface area contributed by atoms with Crippen LogP contribution in [0.3, 0.4) is 0 Å². The molecule has 0 fully saturated rings. The van der Waals surface area contributed by atoms with Gasteiger partial charge in [0.2, 0.25) is 0 Å². The van der Waals surface area contributed by atoms with Crippen molar-refractivity contribution in [2.75, 3.05) is 13.1 Å². The van der Waals surface area contributed by atoms with Crippen LogP contribution >= 0.6 is 11.3 Å². The van der Waals surface area contributed by atoms with Gasteiger partial charge in [-0.15, -0.1) is 11.3 Å². The number of nitrogens with zero attached hydrogens (tertiary/aromatic N) is 2. The Hall–Kier alpha value is -1.23. The number of hydrogen-bond acceptors (Lipinski definition) is 4. The molecule has 0 aliphatic rings. The standard InChI is InChI=1S/C15H21N3S/c1-3-18(11-13-6-4-5-9-17-13)14(10-16)15-8-7-12(2)19-15/h4-9,14H,3,10-11,16H2,1-2H3. The molecule has 1 unspecified atom stereocenters. The second-order valence-electron chi connectivity index (χ2n) is 4.58. The van der Waals surface area contributed by atoms with Crippen LogP contribution in [-0.2, 0) is 6.54 Å². The van der Waals surface area contributed by atoms with Crippen molar-refractivity contribution in [1.29, 1.82) is 0 Å². The number of likely N-dealkylation sites (N-methyl/N-ethyl adjacent to an activating group) is 1. The van der Waals surface area contributed by atoms with Crippen LogP contribution in [0.15, 0.2) is 36.5 Å². The third-order valence-electron chi connectivity index (χ3n) is 3.25. The van der Waals surface area contributed by atoms with Gasteiger partial charge in [-0.2, -0.15) is 0 Å². The summed E-state index contributed by atoms with van der Waals surface area (Å²) < 4.78 is 0. The van der Waals surface area contributed by atoms with E-state index in [-0.39, 0.29) is 6.04 Å². The Morgan fingerprint density at radius 1 is 1.32 bits per heavy atom. The smallest absolute Gasteiger partial charge is 0.0567 e. The lowest BCUT2D eigenvalue weighted by Crippen LogP contribution is -2.33. The van der Waals surface area contributed by atoms with Gasteiger partial charge in [0.1, 0.15) is 0 Å². The topological polar surface area (TPSA) is 42.2 Å². The summed E-state index contributed by atoms with van der Waals surface area (Å²) in [6, 6.07) is 10.7. The van der Waals surface area contributed by atoms with Gasteiger partial charge in [-0.05, 0) is 37.7 Å². The van der Waals surface area contributed by atoms with Crippen molar-refractivity contribution in [2.45, 2.75) is 26.4 Å². The van der Waals surface area contributed by atoms with E-state index in [1.165, 1.54) is 9.75 Å². The number of rotatable bonds is 6. The lowest BCUT2D eigenvalue weighted by Gasteiger charge is -2.28. The molecule has 0 aliphatic carbocycles. The number of hydrogen-bond donors (Lipinski definition) is 1. The first-order chi connectivity index (χ1) is 9.24. The number of nitrogens with two attached hydrogens (primary N) is 1. The Balaban J connectivity index is 2.15. The number of thiophene rings is 1. The monoisotopic (exact) mass is 275 g/mol. The van der Waals surface area contributed by atoms with Gasteiger partial charge in [-0.3, -0.25) is 9.88 Å². The normalized spacial score (nSPS) is 12.8. The molecule has 3 nitrogen and oxygen atoms in total. The van der Waals surface area contributed by atoms with Crippen LogP contribution in [0.2, 0.25) is 0 Å². The van der Waals surface area contributed by atoms with E-state index in [0.29, 0.717) is 6.54 Å². The minimum atomic E-state index is 0.283. The Morgan fingerprint density at radius 2 is 2.16 bits per heavy atom. The van der Waals surface area contributed by atoms with Crippen molar-refractivity contribution in [3.63, 3.8) is 0 Å². The SMILES string of the molecule is CCN(Cc1ccccn1)C(CN)c1ccc(C)s1. The van der Waals surface area contributed by atoms with Crippen LogP contribution in [0.25, 0.3) is 0 Å². The van der Waals surface area contributed by atoms with Gasteiger partial charge >= 0.3 is 0 Å². The lowest BCUT2D eigenvalue weighted by molar-refractivity contribution is 0.204. The Morgan fingerprint density at radius 3 is 2.68 bits per heavy atom. The molecule has 0 aliphatic heterocycles. The van der Waals surface area contributed by atoms with Gasteiger partial charge in [-0.25, -0.2) is 0 Å². The van der Waals surface area contributed by atoms with E-state index in [0.717, 1.165) is 18.8 Å². The zero-order valence-corrected chi connectivity index (χ0v) is 12.4. The minimum Gasteiger partial charge on any atom is -0.329 e. The predicted octanol–water partition coefficient (Wildman–Crippen LogP) is 2.97. The Kier molecular flexibility index (Phi) is 5.07. The van der Waals surface area contributed by atoms with E-state index in [1.807, 2.05) is 29.7 Å². The molecule has 2 rings (SSSR count). The molecular weight excluding hydrogens is 254 g/mol. The Labute approximate surface area is 119 Å². The molecule has 0 spiro atoms. The molecule has 0 bridgehead atoms. The summed E-state index contributed by atoms with van der Waals surface area (Å²) in [7, 11) is 0. The fourth-order valence-electron chi connectivity index (χ4n) is 2.22. The quantitative estimate of drug-likeness (QED) is 0.881. The first-order valence-electron chi connectivity index (χ1n) is 6.65. The summed E-state index contributed by atoms with van der Waals surface area (Å²) in [5, 5.41) is 0. The van der Waals surface area contributed by atoms with E-state index < -0.39 is 0 Å². The van der Waals surface area contributed by atoms with Crippen LogP contribution in [0.1, 0.15) is 28.4 Å². The molecular formula is C15H21N3S. The van der Waals surface area contributed by atoms with Crippen LogP contribution in [0.4, 0.5) is 0 Å². The molecule has 2 aromatic heterocycles. The molecule has 0 radical (unpaired) electrons. The third-order valence-corrected chi connectivity index (χ3v) is 4.35. The van der Waals surface area contributed by atoms with Gasteiger partial charge in [0.25, 0.3) is 0 Å². The van der Waals surface area contributed by atoms with E-state index in [9.17, 15) is 0 Å². The zero-order chi connectivity index (χ0) is 13.7. The predicted molar refractivity (Wildman–Crippen MR) is 81.2 cm³/mol. The molecule has 2 N–H and O–H groups in total. The average molecular weight is 275 g/mol. The summed E-state index contributed by atoms with van der Waals surface area (Å²) in [5.74, 6) is 0. The maximum atomic E-state index is 5.99. The van der Waals surface area contributed by atoms with E-state index in [2.05, 4.69) is 41.9 Å². The van der Waals surface area contributed by atoms with Crippen LogP contribution in [-0.4, -0.2) is 23.0 Å². The van der Waals surface area contributed by atoms with E-state index >= 15 is 0 Å². The van der Waals surface area contributed by atoms with Crippen LogP contribution in [0, 0.1) is 6.92 Å². The summed E-state index contributed by atoms with van der Waals surface area (Å²) in [6.07, 6.45) is 1.84. The maximum absolute atomic E-state index is 5.99. The van der Waals surface area contributed by atoms with Crippen LogP contribution < -0.4 is 5.73 Å². The molecule has 0 saturated carbocycles. The second kappa shape index (κ2) is 6.80. The fourth-order valence-corrected chi connectivity index (χ4v) is 3.25. The van der Waals surface area contributed by atoms with Crippen molar-refractivity contribution in [1.82, 2.24) is 9.88 Å². The van der Waals surface area contributed by atoms with Gasteiger partial charge in [0.15, 0.2) is 0 Å². The van der Waals surface area contributed by atoms with Gasteiger partial charge < -0.3 is 5.73 Å². The molecule has 0 aromatic carbocycles. The third kappa shape index (κ3) is 3.62. The van der Waals surface area contributed by atoms with E-state index in [4.69, 9.17) is 5.73 Å². The zero-order valence-electron chi connectivity index (χ0n) is 11.5. The number of aryl methyl sites for hydroxylation is 1. The van der Waals surface area contributed by atoms with Gasteiger partial charge in [0, 0.05) is 29.0 Å². The van der Waals surface area contributed by atoms with Crippen LogP contribution in [0.5, 0.6) is 0 Å². The van der Waals surface area contributed by atoms with Crippen molar-refractivity contribution < 1.29 is 0 Å². The summed E-state index contributed by atoms with van der Waals surface area (Å²) >= 11 is 1.83. The molecule has 0 amide bonds. The molecule has 1 atom stereocenters. The fraction of sp³-hybridized carbons (Fsp3) is 0.400. The number of pyridine rings is 1. The van der Waals surface area contributed by atoms with Gasteiger partial charge in [0.05, 0.1) is 11.7 Å². The number of aromatic nitrogens is 1. The average Bonchev–Trinajstić information content (AvgIpc) is 2.86. The minimum absolute atomic E-state index is 0.283. The highest BCUT2D eigenvalue weighted by atomic mass is 32.1. The van der Waals surface area contributed by atoms with Gasteiger partial charge in [-0.1, -0.05) is 13.0 Å². The molecule has 19 heavy (non-hydrogen) atoms. The molecule has 0 saturated heterocycles. The lowest BCUT2D eigenvalue weighted by atomic mass is 10.2. The van der Waals surface area contributed by atoms with Crippen molar-refractivity contribution in [3.05, 3.63) is 52.0 Å². The summed E-state index contributed by atoms with van der Waals surface area (Å²) in [5.41, 5.74) is 7.08. The maximum Gasteiger partial charge on any atom is 0.0567 e. The highest BCUT2D eigenvalue weighted by Crippen LogP contribution is 2.27. The van der Waals surface area contributed by atoms with E-state index in [1.54, 1.807) is 0 Å². The second-order valence-corrected chi connectivity index (χ2v) is 5.90. The Bertz CT molecular complexity index is 495. The van der Waals surface area contributed by atoms with Crippen molar-refractivity contribution in [2.24, 2.45) is 5.73 Å².